The summed E-state index contributed by atoms with van der Waals surface area (Å²) in [6.45, 7) is 4.70. The molecule has 2 nitrogen and oxygen atoms in total. The molecule has 318 valence electrons. The molecule has 0 fully saturated rings. The maximum absolute atomic E-state index is 2.41. The number of rotatable bonds is 9. The highest BCUT2D eigenvalue weighted by atomic mass is 15.2. The van der Waals surface area contributed by atoms with Crippen molar-refractivity contribution >= 4 is 55.7 Å². The SMILES string of the molecule is CC1(C)c2ccccc2-c2ccc(-c3ccc(-c4c5ccccc5c(-c5ccc(N(c6ccccc6)c6ccc(N(c7ccccc7)c7ccccc7)cc6)cc5)c5ccccc45)cc3)cc21. The fourth-order valence-electron chi connectivity index (χ4n) is 10.6. The highest BCUT2D eigenvalue weighted by Crippen LogP contribution is 2.50. The molecule has 0 aliphatic heterocycles. The standard InChI is InChI=1S/C65H48N2/c1-65(2)61-29-17-16-24-55(61)56-43-36-48(44-62(56)65)45-30-32-46(33-31-45)63-57-25-12-14-27-59(57)64(60-28-15-13-26-58(60)63)47-34-37-52(38-35-47)67(51-22-10-5-11-23-51)54-41-39-53(40-42-54)66(49-18-6-3-7-19-49)50-20-8-4-9-21-50/h3-44H,1-2H3. The van der Waals surface area contributed by atoms with E-state index in [4.69, 9.17) is 0 Å². The van der Waals surface area contributed by atoms with Crippen LogP contribution in [0.15, 0.2) is 255 Å². The van der Waals surface area contributed by atoms with E-state index >= 15 is 0 Å². The molecule has 1 aliphatic carbocycles. The largest absolute Gasteiger partial charge is 0.311 e. The predicted octanol–water partition coefficient (Wildman–Crippen LogP) is 18.2. The minimum atomic E-state index is -0.0375. The first-order valence-electron chi connectivity index (χ1n) is 23.3. The van der Waals surface area contributed by atoms with E-state index in [1.807, 2.05) is 0 Å². The second kappa shape index (κ2) is 16.5. The average Bonchev–Trinajstić information content (AvgIpc) is 3.62. The van der Waals surface area contributed by atoms with Gasteiger partial charge in [-0.2, -0.15) is 0 Å². The highest BCUT2D eigenvalue weighted by Gasteiger charge is 2.35. The van der Waals surface area contributed by atoms with Gasteiger partial charge in [0.05, 0.1) is 0 Å². The van der Waals surface area contributed by atoms with Crippen molar-refractivity contribution in [3.63, 3.8) is 0 Å². The van der Waals surface area contributed by atoms with Gasteiger partial charge in [0, 0.05) is 39.5 Å². The van der Waals surface area contributed by atoms with Crippen molar-refractivity contribution in [2.24, 2.45) is 0 Å². The van der Waals surface area contributed by atoms with Gasteiger partial charge >= 0.3 is 0 Å². The Labute approximate surface area is 393 Å². The first kappa shape index (κ1) is 40.1. The van der Waals surface area contributed by atoms with Crippen molar-refractivity contribution in [2.45, 2.75) is 19.3 Å². The Morgan fingerprint density at radius 3 is 1.01 bits per heavy atom. The van der Waals surface area contributed by atoms with E-state index in [2.05, 4.69) is 278 Å². The Kier molecular flexibility index (Phi) is 9.88. The molecule has 1 aliphatic rings. The van der Waals surface area contributed by atoms with Gasteiger partial charge in [-0.15, -0.1) is 0 Å². The van der Waals surface area contributed by atoms with Crippen molar-refractivity contribution in [2.75, 3.05) is 9.80 Å². The van der Waals surface area contributed by atoms with Gasteiger partial charge in [-0.3, -0.25) is 0 Å². The molecule has 0 amide bonds. The van der Waals surface area contributed by atoms with E-state index in [0.29, 0.717) is 0 Å². The first-order valence-corrected chi connectivity index (χ1v) is 23.3. The molecule has 0 saturated carbocycles. The number of hydrogen-bond donors (Lipinski definition) is 0. The van der Waals surface area contributed by atoms with Gasteiger partial charge in [0.2, 0.25) is 0 Å². The molecule has 0 spiro atoms. The summed E-state index contributed by atoms with van der Waals surface area (Å²) in [4.78, 5) is 4.64. The molecular formula is C65H48N2. The lowest BCUT2D eigenvalue weighted by atomic mass is 9.81. The highest BCUT2D eigenvalue weighted by molar-refractivity contribution is 6.21. The molecule has 0 heterocycles. The van der Waals surface area contributed by atoms with E-state index in [0.717, 1.165) is 34.1 Å². The third-order valence-electron chi connectivity index (χ3n) is 13.8. The predicted molar refractivity (Wildman–Crippen MR) is 285 cm³/mol. The molecule has 12 rings (SSSR count). The monoisotopic (exact) mass is 856 g/mol. The molecule has 0 atom stereocenters. The van der Waals surface area contributed by atoms with E-state index in [-0.39, 0.29) is 5.41 Å². The lowest BCUT2D eigenvalue weighted by Crippen LogP contribution is -2.14. The minimum absolute atomic E-state index is 0.0375. The molecule has 2 heteroatoms. The van der Waals surface area contributed by atoms with Crippen LogP contribution in [0.5, 0.6) is 0 Å². The fourth-order valence-corrected chi connectivity index (χ4v) is 10.6. The van der Waals surface area contributed by atoms with Crippen LogP contribution >= 0.6 is 0 Å². The Morgan fingerprint density at radius 1 is 0.254 bits per heavy atom. The van der Waals surface area contributed by atoms with Crippen molar-refractivity contribution in [1.29, 1.82) is 0 Å². The second-order valence-corrected chi connectivity index (χ2v) is 18.1. The third-order valence-corrected chi connectivity index (χ3v) is 13.8. The van der Waals surface area contributed by atoms with Gasteiger partial charge in [-0.1, -0.05) is 190 Å². The zero-order valence-corrected chi connectivity index (χ0v) is 37.6. The van der Waals surface area contributed by atoms with Crippen LogP contribution in [-0.2, 0) is 5.41 Å². The molecule has 0 unspecified atom stereocenters. The first-order chi connectivity index (χ1) is 33.0. The van der Waals surface area contributed by atoms with Crippen molar-refractivity contribution in [3.8, 4) is 44.5 Å². The van der Waals surface area contributed by atoms with E-state index in [1.165, 1.54) is 77.2 Å². The van der Waals surface area contributed by atoms with Gasteiger partial charge in [-0.25, -0.2) is 0 Å². The van der Waals surface area contributed by atoms with Crippen LogP contribution in [0.25, 0.3) is 66.1 Å². The molecule has 0 aromatic heterocycles. The van der Waals surface area contributed by atoms with Crippen molar-refractivity contribution < 1.29 is 0 Å². The summed E-state index contributed by atoms with van der Waals surface area (Å²) in [7, 11) is 0. The van der Waals surface area contributed by atoms with Gasteiger partial charge < -0.3 is 9.80 Å². The summed E-state index contributed by atoms with van der Waals surface area (Å²) < 4.78 is 0. The maximum Gasteiger partial charge on any atom is 0.0463 e. The summed E-state index contributed by atoms with van der Waals surface area (Å²) in [5, 5.41) is 4.97. The Morgan fingerprint density at radius 2 is 0.567 bits per heavy atom. The van der Waals surface area contributed by atoms with Crippen LogP contribution in [0.2, 0.25) is 0 Å². The van der Waals surface area contributed by atoms with Crippen LogP contribution in [-0.4, -0.2) is 0 Å². The third kappa shape index (κ3) is 6.97. The van der Waals surface area contributed by atoms with Gasteiger partial charge in [-0.05, 0) is 156 Å². The molecular weight excluding hydrogens is 809 g/mol. The molecule has 11 aromatic carbocycles. The molecule has 0 N–H and O–H groups in total. The number of benzene rings is 11. The zero-order chi connectivity index (χ0) is 44.9. The Hall–Kier alpha value is -8.46. The molecule has 0 saturated heterocycles. The average molecular weight is 857 g/mol. The fraction of sp³-hybridized carbons (Fsp3) is 0.0462. The number of fused-ring (bicyclic) bond motifs is 5. The number of hydrogen-bond acceptors (Lipinski definition) is 2. The smallest absolute Gasteiger partial charge is 0.0463 e. The van der Waals surface area contributed by atoms with E-state index < -0.39 is 0 Å². The summed E-state index contributed by atoms with van der Waals surface area (Å²) in [6.07, 6.45) is 0. The minimum Gasteiger partial charge on any atom is -0.311 e. The van der Waals surface area contributed by atoms with E-state index in [1.54, 1.807) is 0 Å². The molecule has 11 aromatic rings. The summed E-state index contributed by atoms with van der Waals surface area (Å²) in [5.41, 5.74) is 19.5. The van der Waals surface area contributed by atoms with Crippen LogP contribution in [0, 0.1) is 0 Å². The Bertz CT molecular complexity index is 3460. The molecule has 67 heavy (non-hydrogen) atoms. The van der Waals surface area contributed by atoms with Crippen molar-refractivity contribution in [1.82, 2.24) is 0 Å². The van der Waals surface area contributed by atoms with Gasteiger partial charge in [0.1, 0.15) is 0 Å². The summed E-state index contributed by atoms with van der Waals surface area (Å²) in [5.74, 6) is 0. The number of nitrogens with zero attached hydrogens (tertiary/aromatic N) is 2. The quantitative estimate of drug-likeness (QED) is 0.133. The molecule has 0 bridgehead atoms. The lowest BCUT2D eigenvalue weighted by Gasteiger charge is -2.28. The van der Waals surface area contributed by atoms with Crippen LogP contribution < -0.4 is 9.80 Å². The maximum atomic E-state index is 2.41. The van der Waals surface area contributed by atoms with Crippen LogP contribution in [0.4, 0.5) is 34.1 Å². The normalized spacial score (nSPS) is 12.4. The van der Waals surface area contributed by atoms with Gasteiger partial charge in [0.25, 0.3) is 0 Å². The van der Waals surface area contributed by atoms with E-state index in [9.17, 15) is 0 Å². The Balaban J connectivity index is 0.907. The lowest BCUT2D eigenvalue weighted by molar-refractivity contribution is 0.660. The summed E-state index contributed by atoms with van der Waals surface area (Å²) >= 11 is 0. The van der Waals surface area contributed by atoms with Crippen LogP contribution in [0.1, 0.15) is 25.0 Å². The topological polar surface area (TPSA) is 6.48 Å². The number of anilines is 6. The zero-order valence-electron chi connectivity index (χ0n) is 37.6. The second-order valence-electron chi connectivity index (χ2n) is 18.1. The molecule has 0 radical (unpaired) electrons. The van der Waals surface area contributed by atoms with Crippen LogP contribution in [0.3, 0.4) is 0 Å². The number of para-hydroxylation sites is 3. The van der Waals surface area contributed by atoms with Crippen molar-refractivity contribution in [3.05, 3.63) is 266 Å². The van der Waals surface area contributed by atoms with Gasteiger partial charge in [0.15, 0.2) is 0 Å². The summed E-state index contributed by atoms with van der Waals surface area (Å²) in [6, 6.07) is 92.8.